The molecule has 0 radical (unpaired) electrons. The number of anilines is 1. The van der Waals surface area contributed by atoms with E-state index in [1.165, 1.54) is 12.1 Å². The quantitative estimate of drug-likeness (QED) is 0.801. The summed E-state index contributed by atoms with van der Waals surface area (Å²) >= 11 is 0. The highest BCUT2D eigenvalue weighted by Crippen LogP contribution is 2.08. The van der Waals surface area contributed by atoms with Crippen molar-refractivity contribution in [2.24, 2.45) is 0 Å². The lowest BCUT2D eigenvalue weighted by atomic mass is 10.3. The molecular formula is C11H12FNO5S. The molecule has 1 aromatic rings. The zero-order valence-corrected chi connectivity index (χ0v) is 10.6. The molecule has 0 aliphatic carbocycles. The highest BCUT2D eigenvalue weighted by Gasteiger charge is 2.18. The van der Waals surface area contributed by atoms with Crippen molar-refractivity contribution in [2.75, 3.05) is 16.8 Å². The van der Waals surface area contributed by atoms with Gasteiger partial charge in [0.15, 0.2) is 9.84 Å². The minimum atomic E-state index is -3.77. The summed E-state index contributed by atoms with van der Waals surface area (Å²) in [6.07, 6.45) is -0.549. The third kappa shape index (κ3) is 5.96. The third-order valence-corrected chi connectivity index (χ3v) is 3.63. The largest absolute Gasteiger partial charge is 0.481 e. The van der Waals surface area contributed by atoms with Crippen LogP contribution in [0.1, 0.15) is 6.42 Å². The molecule has 1 aromatic carbocycles. The zero-order valence-electron chi connectivity index (χ0n) is 9.80. The minimum absolute atomic E-state index is 0.264. The lowest BCUT2D eigenvalue weighted by molar-refractivity contribution is -0.136. The van der Waals surface area contributed by atoms with Gasteiger partial charge in [0.25, 0.3) is 0 Å². The molecule has 1 amide bonds. The Hall–Kier alpha value is -1.96. The van der Waals surface area contributed by atoms with E-state index in [-0.39, 0.29) is 5.69 Å². The molecule has 8 heteroatoms. The number of hydrogen-bond acceptors (Lipinski definition) is 4. The Morgan fingerprint density at radius 2 is 1.79 bits per heavy atom. The predicted octanol–water partition coefficient (Wildman–Crippen LogP) is 0.654. The summed E-state index contributed by atoms with van der Waals surface area (Å²) in [6.45, 7) is 0. The van der Waals surface area contributed by atoms with E-state index < -0.39 is 45.5 Å². The van der Waals surface area contributed by atoms with Crippen LogP contribution >= 0.6 is 0 Å². The van der Waals surface area contributed by atoms with Crippen LogP contribution in [0.2, 0.25) is 0 Å². The van der Waals surface area contributed by atoms with Crippen molar-refractivity contribution in [1.29, 1.82) is 0 Å². The zero-order chi connectivity index (χ0) is 14.5. The number of carboxylic acids is 1. The van der Waals surface area contributed by atoms with Gasteiger partial charge in [-0.1, -0.05) is 0 Å². The average molecular weight is 289 g/mol. The van der Waals surface area contributed by atoms with Crippen LogP contribution in [-0.4, -0.2) is 36.9 Å². The normalized spacial score (nSPS) is 11.0. The van der Waals surface area contributed by atoms with Crippen molar-refractivity contribution >= 4 is 27.4 Å². The number of sulfone groups is 1. The van der Waals surface area contributed by atoms with Crippen LogP contribution in [0, 0.1) is 5.82 Å². The molecule has 104 valence electrons. The van der Waals surface area contributed by atoms with E-state index in [0.717, 1.165) is 12.1 Å². The second-order valence-corrected chi connectivity index (χ2v) is 5.97. The van der Waals surface area contributed by atoms with Crippen molar-refractivity contribution in [3.63, 3.8) is 0 Å². The fourth-order valence-electron chi connectivity index (χ4n) is 1.25. The van der Waals surface area contributed by atoms with Gasteiger partial charge in [-0.05, 0) is 24.3 Å². The third-order valence-electron chi connectivity index (χ3n) is 2.11. The summed E-state index contributed by atoms with van der Waals surface area (Å²) in [5.74, 6) is -3.93. The van der Waals surface area contributed by atoms with Gasteiger partial charge in [-0.25, -0.2) is 12.8 Å². The molecule has 6 nitrogen and oxygen atoms in total. The topological polar surface area (TPSA) is 101 Å². The Kier molecular flexibility index (Phi) is 4.99. The van der Waals surface area contributed by atoms with Gasteiger partial charge < -0.3 is 10.4 Å². The molecule has 19 heavy (non-hydrogen) atoms. The second kappa shape index (κ2) is 6.28. The first-order valence-corrected chi connectivity index (χ1v) is 7.08. The fourth-order valence-corrected chi connectivity index (χ4v) is 2.35. The summed E-state index contributed by atoms with van der Waals surface area (Å²) in [6, 6.07) is 4.82. The van der Waals surface area contributed by atoms with Crippen LogP contribution in [0.25, 0.3) is 0 Å². The predicted molar refractivity (Wildman–Crippen MR) is 65.9 cm³/mol. The molecule has 2 N–H and O–H groups in total. The van der Waals surface area contributed by atoms with Crippen molar-refractivity contribution in [2.45, 2.75) is 6.42 Å². The summed E-state index contributed by atoms with van der Waals surface area (Å²) in [5, 5.41) is 10.7. The van der Waals surface area contributed by atoms with Gasteiger partial charge >= 0.3 is 5.97 Å². The molecule has 0 spiro atoms. The average Bonchev–Trinajstić information content (AvgIpc) is 2.29. The minimum Gasteiger partial charge on any atom is -0.481 e. The van der Waals surface area contributed by atoms with E-state index >= 15 is 0 Å². The van der Waals surface area contributed by atoms with Crippen LogP contribution in [0.5, 0.6) is 0 Å². The van der Waals surface area contributed by atoms with Crippen LogP contribution in [0.4, 0.5) is 10.1 Å². The van der Waals surface area contributed by atoms with Gasteiger partial charge in [-0.15, -0.1) is 0 Å². The number of benzene rings is 1. The molecule has 0 aromatic heterocycles. The van der Waals surface area contributed by atoms with E-state index in [2.05, 4.69) is 5.32 Å². The van der Waals surface area contributed by atoms with Gasteiger partial charge in [0, 0.05) is 5.69 Å². The van der Waals surface area contributed by atoms with Crippen LogP contribution < -0.4 is 5.32 Å². The molecule has 0 fully saturated rings. The second-order valence-electron chi connectivity index (χ2n) is 3.79. The van der Waals surface area contributed by atoms with Gasteiger partial charge in [0.1, 0.15) is 11.6 Å². The Labute approximate surface area is 109 Å². The van der Waals surface area contributed by atoms with E-state index in [1.54, 1.807) is 0 Å². The van der Waals surface area contributed by atoms with Gasteiger partial charge in [0.05, 0.1) is 12.2 Å². The van der Waals surface area contributed by atoms with Crippen molar-refractivity contribution < 1.29 is 27.5 Å². The van der Waals surface area contributed by atoms with E-state index in [0.29, 0.717) is 0 Å². The number of carboxylic acid groups (broad SMARTS) is 1. The van der Waals surface area contributed by atoms with Crippen LogP contribution in [0.3, 0.4) is 0 Å². The highest BCUT2D eigenvalue weighted by molar-refractivity contribution is 7.92. The van der Waals surface area contributed by atoms with Crippen molar-refractivity contribution in [3.8, 4) is 0 Å². The molecule has 1 rings (SSSR count). The SMILES string of the molecule is O=C(O)CCS(=O)(=O)CC(=O)Nc1ccc(F)cc1. The Bertz CT molecular complexity index is 567. The number of carbonyl (C=O) groups is 2. The number of carbonyl (C=O) groups excluding carboxylic acids is 1. The Morgan fingerprint density at radius 1 is 1.21 bits per heavy atom. The standard InChI is InChI=1S/C11H12FNO5S/c12-8-1-3-9(4-2-8)13-10(14)7-19(17,18)6-5-11(15)16/h1-4H,5-7H2,(H,13,14)(H,15,16). The Balaban J connectivity index is 2.55. The van der Waals surface area contributed by atoms with Gasteiger partial charge in [-0.3, -0.25) is 9.59 Å². The summed E-state index contributed by atoms with van der Waals surface area (Å²) in [5.41, 5.74) is 0.264. The molecule has 0 heterocycles. The highest BCUT2D eigenvalue weighted by atomic mass is 32.2. The van der Waals surface area contributed by atoms with Crippen LogP contribution in [-0.2, 0) is 19.4 Å². The molecule has 0 atom stereocenters. The van der Waals surface area contributed by atoms with Gasteiger partial charge in [0.2, 0.25) is 5.91 Å². The molecule has 0 aliphatic rings. The van der Waals surface area contributed by atoms with E-state index in [1.807, 2.05) is 0 Å². The smallest absolute Gasteiger partial charge is 0.304 e. The summed E-state index contributed by atoms with van der Waals surface area (Å²) in [4.78, 5) is 21.7. The van der Waals surface area contributed by atoms with E-state index in [4.69, 9.17) is 5.11 Å². The van der Waals surface area contributed by atoms with Crippen molar-refractivity contribution in [1.82, 2.24) is 0 Å². The van der Waals surface area contributed by atoms with Gasteiger partial charge in [-0.2, -0.15) is 0 Å². The van der Waals surface area contributed by atoms with E-state index in [9.17, 15) is 22.4 Å². The first-order valence-electron chi connectivity index (χ1n) is 5.26. The van der Waals surface area contributed by atoms with Crippen molar-refractivity contribution in [3.05, 3.63) is 30.1 Å². The summed E-state index contributed by atoms with van der Waals surface area (Å²) < 4.78 is 35.4. The molecule has 0 aliphatic heterocycles. The molecule has 0 unspecified atom stereocenters. The maximum Gasteiger partial charge on any atom is 0.304 e. The maximum absolute atomic E-state index is 12.6. The number of aliphatic carboxylic acids is 1. The number of rotatable bonds is 6. The molecular weight excluding hydrogens is 277 g/mol. The lowest BCUT2D eigenvalue weighted by Gasteiger charge is -2.05. The van der Waals surface area contributed by atoms with Crippen LogP contribution in [0.15, 0.2) is 24.3 Å². The lowest BCUT2D eigenvalue weighted by Crippen LogP contribution is -2.25. The first kappa shape index (κ1) is 15.1. The first-order chi connectivity index (χ1) is 8.78. The number of hydrogen-bond donors (Lipinski definition) is 2. The molecule has 0 bridgehead atoms. The number of nitrogens with one attached hydrogen (secondary N) is 1. The molecule has 0 saturated carbocycles. The fraction of sp³-hybridized carbons (Fsp3) is 0.273. The maximum atomic E-state index is 12.6. The number of halogens is 1. The number of amides is 1. The summed E-state index contributed by atoms with van der Waals surface area (Å²) in [7, 11) is -3.77. The molecule has 0 saturated heterocycles. The monoisotopic (exact) mass is 289 g/mol. The Morgan fingerprint density at radius 3 is 2.32 bits per heavy atom.